The van der Waals surface area contributed by atoms with Gasteiger partial charge >= 0.3 is 5.97 Å². The molecular formula is C28H42O6. The third-order valence-electron chi connectivity index (χ3n) is 10.2. The first-order valence-corrected chi connectivity index (χ1v) is 12.9. The number of aliphatic hydroxyl groups is 3. The highest BCUT2D eigenvalue weighted by Crippen LogP contribution is 2.62. The van der Waals surface area contributed by atoms with Crippen LogP contribution in [0.25, 0.3) is 0 Å². The number of esters is 1. The number of ketones is 1. The van der Waals surface area contributed by atoms with Gasteiger partial charge in [-0.15, -0.1) is 0 Å². The molecule has 34 heavy (non-hydrogen) atoms. The lowest BCUT2D eigenvalue weighted by molar-refractivity contribution is -0.208. The highest BCUT2D eigenvalue weighted by Gasteiger charge is 2.73. The predicted molar refractivity (Wildman–Crippen MR) is 129 cm³/mol. The fourth-order valence-corrected chi connectivity index (χ4v) is 7.44. The molecule has 2 unspecified atom stereocenters. The van der Waals surface area contributed by atoms with Gasteiger partial charge in [0.1, 0.15) is 6.10 Å². The van der Waals surface area contributed by atoms with Crippen LogP contribution in [0, 0.1) is 34.0 Å². The van der Waals surface area contributed by atoms with E-state index in [1.807, 2.05) is 27.7 Å². The molecule has 2 fully saturated rings. The van der Waals surface area contributed by atoms with Crippen LogP contribution in [0.15, 0.2) is 23.3 Å². The molecule has 3 N–H and O–H groups in total. The van der Waals surface area contributed by atoms with Crippen molar-refractivity contribution in [3.63, 3.8) is 0 Å². The largest absolute Gasteiger partial charge is 0.454 e. The van der Waals surface area contributed by atoms with Gasteiger partial charge in [0.25, 0.3) is 0 Å². The number of ether oxygens (including phenoxy) is 1. The topological polar surface area (TPSA) is 104 Å². The van der Waals surface area contributed by atoms with Gasteiger partial charge in [0.05, 0.1) is 17.4 Å². The van der Waals surface area contributed by atoms with Crippen LogP contribution in [0.2, 0.25) is 0 Å². The van der Waals surface area contributed by atoms with Crippen molar-refractivity contribution < 1.29 is 29.6 Å². The van der Waals surface area contributed by atoms with Crippen LogP contribution in [-0.2, 0) is 14.3 Å². The van der Waals surface area contributed by atoms with Crippen molar-refractivity contribution in [2.24, 2.45) is 34.0 Å². The van der Waals surface area contributed by atoms with Gasteiger partial charge in [-0.05, 0) is 61.5 Å². The molecule has 4 aliphatic carbocycles. The molecule has 0 aromatic carbocycles. The molecule has 2 saturated carbocycles. The van der Waals surface area contributed by atoms with Crippen molar-refractivity contribution in [1.82, 2.24) is 0 Å². The van der Waals surface area contributed by atoms with E-state index in [0.29, 0.717) is 12.0 Å². The van der Waals surface area contributed by atoms with Crippen LogP contribution in [-0.4, -0.2) is 51.5 Å². The number of hydrogen-bond donors (Lipinski definition) is 3. The van der Waals surface area contributed by atoms with E-state index in [0.717, 1.165) is 32.1 Å². The summed E-state index contributed by atoms with van der Waals surface area (Å²) in [6.45, 7) is 11.3. The molecule has 0 heterocycles. The average Bonchev–Trinajstić information content (AvgIpc) is 2.95. The number of hydrogen-bond acceptors (Lipinski definition) is 6. The molecule has 190 valence electrons. The number of aliphatic hydroxyl groups excluding tert-OH is 2. The first kappa shape index (κ1) is 25.6. The van der Waals surface area contributed by atoms with Gasteiger partial charge < -0.3 is 20.1 Å². The van der Waals surface area contributed by atoms with Crippen LogP contribution in [0.3, 0.4) is 0 Å². The summed E-state index contributed by atoms with van der Waals surface area (Å²) in [5.74, 6) is -1.29. The summed E-state index contributed by atoms with van der Waals surface area (Å²) in [5, 5.41) is 34.3. The Bertz CT molecular complexity index is 925. The molecule has 1 spiro atoms. The smallest absolute Gasteiger partial charge is 0.312 e. The van der Waals surface area contributed by atoms with Crippen LogP contribution in [0.1, 0.15) is 80.1 Å². The molecule has 0 amide bonds. The Hall–Kier alpha value is -1.50. The van der Waals surface area contributed by atoms with Gasteiger partial charge in [0.15, 0.2) is 17.5 Å². The van der Waals surface area contributed by atoms with Crippen molar-refractivity contribution in [2.75, 3.05) is 6.61 Å². The maximum atomic E-state index is 14.4. The highest BCUT2D eigenvalue weighted by atomic mass is 16.6. The molecular weight excluding hydrogens is 432 g/mol. The van der Waals surface area contributed by atoms with Crippen LogP contribution >= 0.6 is 0 Å². The van der Waals surface area contributed by atoms with E-state index in [4.69, 9.17) is 4.74 Å². The molecule has 0 saturated heterocycles. The SMILES string of the molecule is CC1=CC23C(=O)[C@@H](C=C(CO)[C@@H](O)[C@]2(O)[C@H]1OC(=O)C1(C)CCCCC1)C(C)(C)[C@@H](C)CC3C. The Morgan fingerprint density at radius 2 is 1.74 bits per heavy atom. The molecule has 2 bridgehead atoms. The third-order valence-corrected chi connectivity index (χ3v) is 10.2. The number of allylic oxidation sites excluding steroid dienone is 1. The van der Waals surface area contributed by atoms with Crippen molar-refractivity contribution in [2.45, 2.75) is 97.9 Å². The number of rotatable bonds is 3. The van der Waals surface area contributed by atoms with Gasteiger partial charge in [0, 0.05) is 5.92 Å². The lowest BCUT2D eigenvalue weighted by atomic mass is 9.59. The minimum absolute atomic E-state index is 0.156. The average molecular weight is 475 g/mol. The van der Waals surface area contributed by atoms with Crippen LogP contribution < -0.4 is 0 Å². The fourth-order valence-electron chi connectivity index (χ4n) is 7.44. The summed E-state index contributed by atoms with van der Waals surface area (Å²) in [6, 6.07) is 0. The van der Waals surface area contributed by atoms with E-state index in [9.17, 15) is 24.9 Å². The van der Waals surface area contributed by atoms with Crippen molar-refractivity contribution in [3.8, 4) is 0 Å². The molecule has 0 radical (unpaired) electrons. The molecule has 6 heteroatoms. The molecule has 4 aliphatic rings. The lowest BCUT2D eigenvalue weighted by Gasteiger charge is -2.49. The Balaban J connectivity index is 1.87. The number of carbonyl (C=O) groups is 2. The lowest BCUT2D eigenvalue weighted by Crippen LogP contribution is -2.66. The Morgan fingerprint density at radius 1 is 1.12 bits per heavy atom. The molecule has 7 atom stereocenters. The van der Waals surface area contributed by atoms with Crippen molar-refractivity contribution >= 4 is 11.8 Å². The monoisotopic (exact) mass is 474 g/mol. The van der Waals surface area contributed by atoms with E-state index in [1.165, 1.54) is 0 Å². The second-order valence-corrected chi connectivity index (χ2v) is 12.5. The normalized spacial score (nSPS) is 43.2. The second kappa shape index (κ2) is 8.28. The van der Waals surface area contributed by atoms with Gasteiger partial charge in [-0.25, -0.2) is 0 Å². The minimum Gasteiger partial charge on any atom is -0.454 e. The fraction of sp³-hybridized carbons (Fsp3) is 0.786. The van der Waals surface area contributed by atoms with E-state index in [-0.39, 0.29) is 29.2 Å². The van der Waals surface area contributed by atoms with Crippen molar-refractivity contribution in [1.29, 1.82) is 0 Å². The second-order valence-electron chi connectivity index (χ2n) is 12.5. The summed E-state index contributed by atoms with van der Waals surface area (Å²) in [6.07, 6.45) is 5.85. The van der Waals surface area contributed by atoms with Crippen LogP contribution in [0.4, 0.5) is 0 Å². The molecule has 0 aliphatic heterocycles. The van der Waals surface area contributed by atoms with E-state index in [1.54, 1.807) is 19.1 Å². The molecule has 6 nitrogen and oxygen atoms in total. The third kappa shape index (κ3) is 3.24. The van der Waals surface area contributed by atoms with Gasteiger partial charge in [-0.1, -0.05) is 59.1 Å². The number of carbonyl (C=O) groups excluding carboxylic acids is 2. The van der Waals surface area contributed by atoms with Gasteiger partial charge in [0.2, 0.25) is 0 Å². The van der Waals surface area contributed by atoms with Crippen LogP contribution in [0.5, 0.6) is 0 Å². The van der Waals surface area contributed by atoms with E-state index in [2.05, 4.69) is 6.92 Å². The Labute approximate surface area is 203 Å². The zero-order valence-corrected chi connectivity index (χ0v) is 21.6. The Kier molecular flexibility index (Phi) is 6.23. The summed E-state index contributed by atoms with van der Waals surface area (Å²) >= 11 is 0. The summed E-state index contributed by atoms with van der Waals surface area (Å²) in [4.78, 5) is 27.8. The number of fused-ring (bicyclic) bond motifs is 1. The van der Waals surface area contributed by atoms with E-state index >= 15 is 0 Å². The van der Waals surface area contributed by atoms with Gasteiger partial charge in [-0.3, -0.25) is 9.59 Å². The first-order valence-electron chi connectivity index (χ1n) is 12.9. The zero-order chi connectivity index (χ0) is 25.3. The predicted octanol–water partition coefficient (Wildman–Crippen LogP) is 3.73. The molecule has 0 aromatic rings. The quantitative estimate of drug-likeness (QED) is 0.425. The first-order chi connectivity index (χ1) is 15.8. The maximum absolute atomic E-state index is 14.4. The summed E-state index contributed by atoms with van der Waals surface area (Å²) < 4.78 is 6.08. The standard InChI is InChI=1S/C28H42O6/c1-16-14-27-18(3)12-17(2)25(4,5)20(22(27)31)13-19(15-29)21(30)28(27,33)23(16)34-24(32)26(6)10-8-7-9-11-26/h13-14,17-18,20-21,23,29-30,33H,7-12,15H2,1-6H3/t17-,18?,20+,21+,23-,27?,28-/m0/s1. The number of Topliss-reactive ketones (excluding diaryl/α,β-unsaturated/α-hetero) is 1. The van der Waals surface area contributed by atoms with Crippen molar-refractivity contribution in [3.05, 3.63) is 23.3 Å². The summed E-state index contributed by atoms with van der Waals surface area (Å²) in [7, 11) is 0. The Morgan fingerprint density at radius 3 is 2.32 bits per heavy atom. The molecule has 4 rings (SSSR count). The van der Waals surface area contributed by atoms with E-state index < -0.39 is 46.6 Å². The molecule has 0 aromatic heterocycles. The summed E-state index contributed by atoms with van der Waals surface area (Å²) in [5.41, 5.74) is -3.79. The zero-order valence-electron chi connectivity index (χ0n) is 21.6. The minimum atomic E-state index is -2.09. The maximum Gasteiger partial charge on any atom is 0.312 e. The van der Waals surface area contributed by atoms with Gasteiger partial charge in [-0.2, -0.15) is 0 Å². The highest BCUT2D eigenvalue weighted by molar-refractivity contribution is 5.95.